The largest absolute Gasteiger partial charge is 0.296 e. The predicted octanol–water partition coefficient (Wildman–Crippen LogP) is 2.98. The maximum Gasteiger partial charge on any atom is 0.193 e. The molecule has 0 aliphatic carbocycles. The lowest BCUT2D eigenvalue weighted by atomic mass is 10.0. The van der Waals surface area contributed by atoms with E-state index in [1.165, 1.54) is 0 Å². The van der Waals surface area contributed by atoms with Crippen LogP contribution in [-0.2, 0) is 0 Å². The molecule has 0 aliphatic heterocycles. The summed E-state index contributed by atoms with van der Waals surface area (Å²) in [6.45, 7) is 1.72. The minimum atomic E-state index is -0.0589. The molecule has 4 nitrogen and oxygen atoms in total. The second-order valence-corrected chi connectivity index (χ2v) is 4.71. The van der Waals surface area contributed by atoms with E-state index in [2.05, 4.69) is 9.97 Å². The van der Waals surface area contributed by atoms with E-state index in [1.807, 2.05) is 18.2 Å². The van der Waals surface area contributed by atoms with E-state index in [-0.39, 0.29) is 5.78 Å². The average Bonchev–Trinajstić information content (AvgIpc) is 2.53. The molecule has 3 aromatic rings. The summed E-state index contributed by atoms with van der Waals surface area (Å²) in [6, 6.07) is 14.2. The third kappa shape index (κ3) is 2.43. The van der Waals surface area contributed by atoms with Gasteiger partial charge in [-0.3, -0.25) is 9.59 Å². The van der Waals surface area contributed by atoms with Crippen LogP contribution in [0.5, 0.6) is 0 Å². The minimum absolute atomic E-state index is 0.0589. The predicted molar refractivity (Wildman–Crippen MR) is 79.5 cm³/mol. The second kappa shape index (κ2) is 5.25. The van der Waals surface area contributed by atoms with Crippen molar-refractivity contribution in [2.24, 2.45) is 0 Å². The van der Waals surface area contributed by atoms with E-state index < -0.39 is 0 Å². The van der Waals surface area contributed by atoms with Crippen LogP contribution in [0.15, 0.2) is 48.5 Å². The lowest BCUT2D eigenvalue weighted by Crippen LogP contribution is -2.02. The van der Waals surface area contributed by atoms with Gasteiger partial charge in [0.2, 0.25) is 0 Å². The molecule has 0 amide bonds. The fraction of sp³-hybridized carbons (Fsp3) is 0.0588. The monoisotopic (exact) mass is 276 g/mol. The Labute approximate surface area is 121 Å². The van der Waals surface area contributed by atoms with Gasteiger partial charge in [0.05, 0.1) is 16.7 Å². The Hall–Kier alpha value is -2.88. The number of fused-ring (bicyclic) bond motifs is 1. The molecule has 2 aromatic carbocycles. The number of hydrogen-bond acceptors (Lipinski definition) is 4. The summed E-state index contributed by atoms with van der Waals surface area (Å²) in [5, 5.41) is 0. The molecule has 1 aromatic heterocycles. The van der Waals surface area contributed by atoms with Gasteiger partial charge < -0.3 is 0 Å². The van der Waals surface area contributed by atoms with Gasteiger partial charge in [0.25, 0.3) is 0 Å². The molecule has 0 radical (unpaired) electrons. The van der Waals surface area contributed by atoms with Crippen molar-refractivity contribution in [3.8, 4) is 0 Å². The quantitative estimate of drug-likeness (QED) is 0.545. The fourth-order valence-electron chi connectivity index (χ4n) is 2.17. The van der Waals surface area contributed by atoms with Crippen LogP contribution in [-0.4, -0.2) is 22.0 Å². The number of carbonyl (C=O) groups excluding carboxylic acids is 2. The summed E-state index contributed by atoms with van der Waals surface area (Å²) in [5.41, 5.74) is 3.28. The fourth-order valence-corrected chi connectivity index (χ4v) is 2.17. The Balaban J connectivity index is 2.09. The first-order chi connectivity index (χ1) is 10.2. The molecule has 0 unspecified atom stereocenters. The van der Waals surface area contributed by atoms with Crippen LogP contribution in [0.1, 0.15) is 32.1 Å². The standard InChI is InChI=1S/C17H12N2O2/c1-11-16(10-20)19-14-8-7-13(9-15(14)18-11)17(21)12-5-3-2-4-6-12/h2-10H,1H3. The molecule has 0 saturated heterocycles. The minimum Gasteiger partial charge on any atom is -0.296 e. The number of aldehydes is 1. The third-order valence-corrected chi connectivity index (χ3v) is 3.28. The van der Waals surface area contributed by atoms with Gasteiger partial charge in [-0.2, -0.15) is 0 Å². The highest BCUT2D eigenvalue weighted by molar-refractivity contribution is 6.10. The summed E-state index contributed by atoms with van der Waals surface area (Å²) in [6.07, 6.45) is 0.685. The zero-order valence-electron chi connectivity index (χ0n) is 11.4. The van der Waals surface area contributed by atoms with Crippen molar-refractivity contribution in [2.75, 3.05) is 0 Å². The van der Waals surface area contributed by atoms with Crippen LogP contribution < -0.4 is 0 Å². The SMILES string of the molecule is Cc1nc2cc(C(=O)c3ccccc3)ccc2nc1C=O. The van der Waals surface area contributed by atoms with Gasteiger partial charge in [0.15, 0.2) is 12.1 Å². The number of carbonyl (C=O) groups is 2. The van der Waals surface area contributed by atoms with Crippen molar-refractivity contribution < 1.29 is 9.59 Å². The second-order valence-electron chi connectivity index (χ2n) is 4.71. The molecular weight excluding hydrogens is 264 g/mol. The number of hydrogen-bond donors (Lipinski definition) is 0. The molecule has 3 rings (SSSR count). The van der Waals surface area contributed by atoms with E-state index in [9.17, 15) is 9.59 Å². The zero-order valence-corrected chi connectivity index (χ0v) is 11.4. The highest BCUT2D eigenvalue weighted by Crippen LogP contribution is 2.17. The van der Waals surface area contributed by atoms with Crippen molar-refractivity contribution in [2.45, 2.75) is 6.92 Å². The molecule has 0 bridgehead atoms. The van der Waals surface area contributed by atoms with Crippen molar-refractivity contribution in [3.63, 3.8) is 0 Å². The van der Waals surface area contributed by atoms with Gasteiger partial charge in [-0.25, -0.2) is 9.97 Å². The number of rotatable bonds is 3. The van der Waals surface area contributed by atoms with Crippen LogP contribution in [0.25, 0.3) is 11.0 Å². The van der Waals surface area contributed by atoms with Gasteiger partial charge in [0.1, 0.15) is 5.69 Å². The number of aromatic nitrogens is 2. The summed E-state index contributed by atoms with van der Waals surface area (Å²) >= 11 is 0. The van der Waals surface area contributed by atoms with Crippen LogP contribution in [0.2, 0.25) is 0 Å². The topological polar surface area (TPSA) is 59.9 Å². The number of benzene rings is 2. The van der Waals surface area contributed by atoms with Crippen molar-refractivity contribution >= 4 is 23.1 Å². The van der Waals surface area contributed by atoms with Gasteiger partial charge in [-0.15, -0.1) is 0 Å². The van der Waals surface area contributed by atoms with Gasteiger partial charge >= 0.3 is 0 Å². The van der Waals surface area contributed by atoms with E-state index >= 15 is 0 Å². The summed E-state index contributed by atoms with van der Waals surface area (Å²) < 4.78 is 0. The van der Waals surface area contributed by atoms with Crippen LogP contribution >= 0.6 is 0 Å². The van der Waals surface area contributed by atoms with Crippen molar-refractivity contribution in [3.05, 3.63) is 71.0 Å². The molecule has 0 spiro atoms. The first-order valence-electron chi connectivity index (χ1n) is 6.52. The number of ketones is 1. The Morgan fingerprint density at radius 1 is 0.952 bits per heavy atom. The lowest BCUT2D eigenvalue weighted by Gasteiger charge is -2.04. The summed E-state index contributed by atoms with van der Waals surface area (Å²) in [5.74, 6) is -0.0589. The molecular formula is C17H12N2O2. The lowest BCUT2D eigenvalue weighted by molar-refractivity contribution is 0.103. The molecule has 0 aliphatic rings. The van der Waals surface area contributed by atoms with Crippen molar-refractivity contribution in [1.82, 2.24) is 9.97 Å². The smallest absolute Gasteiger partial charge is 0.193 e. The first-order valence-corrected chi connectivity index (χ1v) is 6.52. The molecule has 102 valence electrons. The Kier molecular flexibility index (Phi) is 3.28. The molecule has 1 heterocycles. The highest BCUT2D eigenvalue weighted by Gasteiger charge is 2.11. The average molecular weight is 276 g/mol. The third-order valence-electron chi connectivity index (χ3n) is 3.28. The molecule has 0 N–H and O–H groups in total. The molecule has 21 heavy (non-hydrogen) atoms. The Bertz CT molecular complexity index is 842. The van der Waals surface area contributed by atoms with E-state index in [1.54, 1.807) is 37.3 Å². The highest BCUT2D eigenvalue weighted by atomic mass is 16.1. The summed E-state index contributed by atoms with van der Waals surface area (Å²) in [4.78, 5) is 31.8. The zero-order chi connectivity index (χ0) is 14.8. The molecule has 0 fully saturated rings. The number of nitrogens with zero attached hydrogens (tertiary/aromatic N) is 2. The van der Waals surface area contributed by atoms with Gasteiger partial charge in [-0.05, 0) is 25.1 Å². The van der Waals surface area contributed by atoms with Crippen molar-refractivity contribution in [1.29, 1.82) is 0 Å². The molecule has 4 heteroatoms. The Morgan fingerprint density at radius 3 is 2.43 bits per heavy atom. The number of aryl methyl sites for hydroxylation is 1. The van der Waals surface area contributed by atoms with E-state index in [0.717, 1.165) is 0 Å². The Morgan fingerprint density at radius 2 is 1.71 bits per heavy atom. The van der Waals surface area contributed by atoms with E-state index in [0.29, 0.717) is 39.8 Å². The molecule has 0 saturated carbocycles. The van der Waals surface area contributed by atoms with Gasteiger partial charge in [0, 0.05) is 11.1 Å². The van der Waals surface area contributed by atoms with Crippen LogP contribution in [0.3, 0.4) is 0 Å². The maximum absolute atomic E-state index is 12.4. The maximum atomic E-state index is 12.4. The van der Waals surface area contributed by atoms with Crippen LogP contribution in [0.4, 0.5) is 0 Å². The van der Waals surface area contributed by atoms with Crippen LogP contribution in [0, 0.1) is 6.92 Å². The first kappa shape index (κ1) is 13.1. The molecule has 0 atom stereocenters. The van der Waals surface area contributed by atoms with E-state index in [4.69, 9.17) is 0 Å². The normalized spacial score (nSPS) is 10.5. The van der Waals surface area contributed by atoms with Gasteiger partial charge in [-0.1, -0.05) is 30.3 Å². The summed E-state index contributed by atoms with van der Waals surface area (Å²) in [7, 11) is 0.